The highest BCUT2D eigenvalue weighted by molar-refractivity contribution is 7.99. The number of halogens is 2. The summed E-state index contributed by atoms with van der Waals surface area (Å²) in [4.78, 5) is 1.90. The van der Waals surface area contributed by atoms with E-state index in [0.717, 1.165) is 9.79 Å². The van der Waals surface area contributed by atoms with E-state index in [0.29, 0.717) is 10.3 Å². The summed E-state index contributed by atoms with van der Waals surface area (Å²) in [7, 11) is 0. The molecular formula is C11H8Cl2N2S. The molecule has 16 heavy (non-hydrogen) atoms. The van der Waals surface area contributed by atoms with Gasteiger partial charge in [-0.3, -0.25) is 0 Å². The average Bonchev–Trinajstić information content (AvgIpc) is 2.27. The van der Waals surface area contributed by atoms with Crippen LogP contribution >= 0.6 is 35.0 Å². The molecule has 0 saturated heterocycles. The minimum absolute atomic E-state index is 0.346. The van der Waals surface area contributed by atoms with Gasteiger partial charge in [0, 0.05) is 4.90 Å². The predicted octanol–water partition coefficient (Wildman–Crippen LogP) is 4.24. The molecule has 0 aliphatic heterocycles. The first-order valence-corrected chi connectivity index (χ1v) is 6.15. The molecule has 0 N–H and O–H groups in total. The fourth-order valence-corrected chi connectivity index (χ4v) is 2.38. The average molecular weight is 271 g/mol. The van der Waals surface area contributed by atoms with Crippen molar-refractivity contribution < 1.29 is 0 Å². The fourth-order valence-electron chi connectivity index (χ4n) is 1.14. The van der Waals surface area contributed by atoms with E-state index in [-0.39, 0.29) is 0 Å². The largest absolute Gasteiger partial charge is 0.165 e. The van der Waals surface area contributed by atoms with E-state index in [1.165, 1.54) is 17.3 Å². The first-order chi connectivity index (χ1) is 7.65. The van der Waals surface area contributed by atoms with Crippen LogP contribution in [-0.4, -0.2) is 10.2 Å². The van der Waals surface area contributed by atoms with Crippen LogP contribution in [0.3, 0.4) is 0 Å². The van der Waals surface area contributed by atoms with Crippen LogP contribution in [0.15, 0.2) is 40.1 Å². The molecule has 0 unspecified atom stereocenters. The highest BCUT2D eigenvalue weighted by Gasteiger charge is 2.05. The molecular weight excluding hydrogens is 263 g/mol. The fraction of sp³-hybridized carbons (Fsp3) is 0.0909. The van der Waals surface area contributed by atoms with E-state index >= 15 is 0 Å². The van der Waals surface area contributed by atoms with Gasteiger partial charge in [-0.2, -0.15) is 0 Å². The Kier molecular flexibility index (Phi) is 3.69. The maximum Gasteiger partial charge on any atom is 0.165 e. The Bertz CT molecular complexity index is 500. The van der Waals surface area contributed by atoms with E-state index in [4.69, 9.17) is 23.2 Å². The molecule has 0 saturated carbocycles. The monoisotopic (exact) mass is 270 g/mol. The van der Waals surface area contributed by atoms with Crippen LogP contribution in [0.5, 0.6) is 0 Å². The summed E-state index contributed by atoms with van der Waals surface area (Å²) >= 11 is 13.2. The van der Waals surface area contributed by atoms with E-state index in [1.54, 1.807) is 6.07 Å². The van der Waals surface area contributed by atoms with Crippen LogP contribution in [0.25, 0.3) is 0 Å². The molecule has 1 aromatic carbocycles. The first-order valence-electron chi connectivity index (χ1n) is 4.58. The summed E-state index contributed by atoms with van der Waals surface area (Å²) in [6, 6.07) is 9.87. The number of nitrogens with zero attached hydrogens (tertiary/aromatic N) is 2. The summed E-state index contributed by atoms with van der Waals surface area (Å²) in [5.41, 5.74) is 1.22. The topological polar surface area (TPSA) is 25.8 Å². The summed E-state index contributed by atoms with van der Waals surface area (Å²) in [5.74, 6) is 0. The summed E-state index contributed by atoms with van der Waals surface area (Å²) in [6.45, 7) is 2.05. The van der Waals surface area contributed by atoms with Gasteiger partial charge in [0.1, 0.15) is 0 Å². The highest BCUT2D eigenvalue weighted by atomic mass is 35.5. The molecule has 0 aliphatic rings. The van der Waals surface area contributed by atoms with Crippen molar-refractivity contribution in [1.29, 1.82) is 0 Å². The molecule has 0 bridgehead atoms. The van der Waals surface area contributed by atoms with E-state index in [9.17, 15) is 0 Å². The third kappa shape index (κ3) is 2.88. The molecule has 1 aromatic heterocycles. The van der Waals surface area contributed by atoms with Crippen LogP contribution in [0, 0.1) is 6.92 Å². The molecule has 0 atom stereocenters. The van der Waals surface area contributed by atoms with Gasteiger partial charge in [0.25, 0.3) is 0 Å². The number of aryl methyl sites for hydroxylation is 1. The second-order valence-corrected chi connectivity index (χ2v) is 5.10. The summed E-state index contributed by atoms with van der Waals surface area (Å²) in [5, 5.41) is 8.14. The SMILES string of the molecule is Cc1ccc(Sc2cc(Cl)nnc2Cl)cc1. The zero-order valence-corrected chi connectivity index (χ0v) is 10.8. The first kappa shape index (κ1) is 11.7. The lowest BCUT2D eigenvalue weighted by molar-refractivity contribution is 0.998. The molecule has 2 aromatic rings. The van der Waals surface area contributed by atoms with Gasteiger partial charge >= 0.3 is 0 Å². The van der Waals surface area contributed by atoms with Gasteiger partial charge in [-0.15, -0.1) is 10.2 Å². The van der Waals surface area contributed by atoms with Crippen molar-refractivity contribution in [2.75, 3.05) is 0 Å². The second kappa shape index (κ2) is 5.04. The third-order valence-corrected chi connectivity index (χ3v) is 3.55. The van der Waals surface area contributed by atoms with Crippen LogP contribution in [0.2, 0.25) is 10.3 Å². The summed E-state index contributed by atoms with van der Waals surface area (Å²) in [6.07, 6.45) is 0. The van der Waals surface area contributed by atoms with Gasteiger partial charge in [-0.25, -0.2) is 0 Å². The number of aromatic nitrogens is 2. The Hall–Kier alpha value is -0.770. The molecule has 0 radical (unpaired) electrons. The quantitative estimate of drug-likeness (QED) is 0.816. The van der Waals surface area contributed by atoms with E-state index in [1.807, 2.05) is 31.2 Å². The van der Waals surface area contributed by atoms with Crippen molar-refractivity contribution in [2.45, 2.75) is 16.7 Å². The zero-order valence-electron chi connectivity index (χ0n) is 8.45. The van der Waals surface area contributed by atoms with E-state index < -0.39 is 0 Å². The van der Waals surface area contributed by atoms with Crippen molar-refractivity contribution in [3.8, 4) is 0 Å². The van der Waals surface area contributed by atoms with Crippen LogP contribution in [-0.2, 0) is 0 Å². The molecule has 1 heterocycles. The Morgan fingerprint density at radius 1 is 1.06 bits per heavy atom. The van der Waals surface area contributed by atoms with Gasteiger partial charge in [0.05, 0.1) is 4.90 Å². The number of benzene rings is 1. The molecule has 2 nitrogen and oxygen atoms in total. The number of hydrogen-bond donors (Lipinski definition) is 0. The highest BCUT2D eigenvalue weighted by Crippen LogP contribution is 2.32. The minimum atomic E-state index is 0.346. The molecule has 0 spiro atoms. The normalized spacial score (nSPS) is 10.4. The molecule has 2 rings (SSSR count). The van der Waals surface area contributed by atoms with Gasteiger partial charge in [-0.05, 0) is 25.1 Å². The lowest BCUT2D eigenvalue weighted by atomic mass is 10.2. The Balaban J connectivity index is 2.26. The van der Waals surface area contributed by atoms with Crippen LogP contribution in [0.1, 0.15) is 5.56 Å². The Labute approximate surface area is 108 Å². The van der Waals surface area contributed by atoms with Crippen LogP contribution in [0.4, 0.5) is 0 Å². The van der Waals surface area contributed by atoms with Crippen molar-refractivity contribution in [3.05, 3.63) is 46.2 Å². The van der Waals surface area contributed by atoms with Gasteiger partial charge in [0.15, 0.2) is 10.3 Å². The van der Waals surface area contributed by atoms with Gasteiger partial charge in [-0.1, -0.05) is 52.7 Å². The smallest absolute Gasteiger partial charge is 0.137 e. The van der Waals surface area contributed by atoms with Gasteiger partial charge < -0.3 is 0 Å². The third-order valence-electron chi connectivity index (χ3n) is 1.94. The molecule has 0 aliphatic carbocycles. The van der Waals surface area contributed by atoms with Crippen molar-refractivity contribution in [3.63, 3.8) is 0 Å². The van der Waals surface area contributed by atoms with Crippen LogP contribution < -0.4 is 0 Å². The zero-order chi connectivity index (χ0) is 11.5. The maximum atomic E-state index is 5.92. The molecule has 0 fully saturated rings. The van der Waals surface area contributed by atoms with Crippen molar-refractivity contribution in [2.24, 2.45) is 0 Å². The number of rotatable bonds is 2. The summed E-state index contributed by atoms with van der Waals surface area (Å²) < 4.78 is 0. The lowest BCUT2D eigenvalue weighted by Gasteiger charge is -2.03. The molecule has 82 valence electrons. The maximum absolute atomic E-state index is 5.92. The molecule has 0 amide bonds. The number of hydrogen-bond acceptors (Lipinski definition) is 3. The Morgan fingerprint density at radius 3 is 2.44 bits per heavy atom. The standard InChI is InChI=1S/C11H8Cl2N2S/c1-7-2-4-8(5-3-7)16-9-6-10(12)14-15-11(9)13/h2-6H,1H3. The van der Waals surface area contributed by atoms with E-state index in [2.05, 4.69) is 10.2 Å². The lowest BCUT2D eigenvalue weighted by Crippen LogP contribution is -1.86. The van der Waals surface area contributed by atoms with Crippen molar-refractivity contribution in [1.82, 2.24) is 10.2 Å². The van der Waals surface area contributed by atoms with Crippen molar-refractivity contribution >= 4 is 35.0 Å². The second-order valence-electron chi connectivity index (χ2n) is 3.24. The minimum Gasteiger partial charge on any atom is -0.137 e. The molecule has 5 heteroatoms. The Morgan fingerprint density at radius 2 is 1.75 bits per heavy atom. The van der Waals surface area contributed by atoms with Gasteiger partial charge in [0.2, 0.25) is 0 Å². The predicted molar refractivity (Wildman–Crippen MR) is 67.4 cm³/mol.